The van der Waals surface area contributed by atoms with Crippen LogP contribution < -0.4 is 14.2 Å². The van der Waals surface area contributed by atoms with Gasteiger partial charge in [-0.05, 0) is 37.5 Å². The molecule has 7 heteroatoms. The van der Waals surface area contributed by atoms with Crippen molar-refractivity contribution in [3.05, 3.63) is 54.6 Å². The second kappa shape index (κ2) is 7.74. The average molecular weight is 402 g/mol. The van der Waals surface area contributed by atoms with E-state index in [4.69, 9.17) is 14.2 Å². The fourth-order valence-electron chi connectivity index (χ4n) is 4.19. The molecule has 1 aliphatic carbocycles. The Morgan fingerprint density at radius 3 is 2.50 bits per heavy atom. The Hall–Kier alpha value is -3.48. The molecule has 1 fully saturated rings. The van der Waals surface area contributed by atoms with Gasteiger partial charge in [-0.1, -0.05) is 12.1 Å². The van der Waals surface area contributed by atoms with Crippen LogP contribution in [-0.4, -0.2) is 40.3 Å². The maximum atomic E-state index is 6.17. The molecule has 0 spiro atoms. The van der Waals surface area contributed by atoms with Gasteiger partial charge in [-0.2, -0.15) is 0 Å². The minimum absolute atomic E-state index is 0.0793. The summed E-state index contributed by atoms with van der Waals surface area (Å²) in [6, 6.07) is 11.7. The van der Waals surface area contributed by atoms with Gasteiger partial charge in [0.25, 0.3) is 0 Å². The minimum atomic E-state index is 0.0793. The number of aromatic nitrogens is 4. The van der Waals surface area contributed by atoms with Crippen LogP contribution in [0.15, 0.2) is 48.9 Å². The summed E-state index contributed by atoms with van der Waals surface area (Å²) >= 11 is 0. The first-order chi connectivity index (χ1) is 14.7. The number of fused-ring (bicyclic) bond motifs is 2. The first kappa shape index (κ1) is 18.5. The van der Waals surface area contributed by atoms with Crippen LogP contribution in [0.25, 0.3) is 21.9 Å². The highest BCUT2D eigenvalue weighted by atomic mass is 16.5. The molecule has 2 atom stereocenters. The average Bonchev–Trinajstić information content (AvgIpc) is 3.25. The number of benzene rings is 2. The highest BCUT2D eigenvalue weighted by Crippen LogP contribution is 2.40. The van der Waals surface area contributed by atoms with Crippen molar-refractivity contribution in [2.45, 2.75) is 31.3 Å². The van der Waals surface area contributed by atoms with Gasteiger partial charge in [0, 0.05) is 17.4 Å². The highest BCUT2D eigenvalue weighted by molar-refractivity contribution is 5.85. The van der Waals surface area contributed by atoms with E-state index in [9.17, 15) is 0 Å². The van der Waals surface area contributed by atoms with Crippen molar-refractivity contribution < 1.29 is 14.2 Å². The third-order valence-electron chi connectivity index (χ3n) is 5.66. The lowest BCUT2D eigenvalue weighted by atomic mass is 9.99. The molecular weight excluding hydrogens is 380 g/mol. The predicted molar refractivity (Wildman–Crippen MR) is 113 cm³/mol. The summed E-state index contributed by atoms with van der Waals surface area (Å²) in [5.41, 5.74) is 3.58. The standard InChI is InChI=1S/C23H22N4O3/c1-28-20-10-16-19(11-21(20)29-2)25-13-26-23(16)14-7-8-15(9-14)30-22-12-24-17-5-3-4-6-18(17)27-22/h3-6,10-15H,7-9H2,1-2H3/t14?,15-/m0/s1. The Morgan fingerprint density at radius 2 is 1.67 bits per heavy atom. The number of methoxy groups -OCH3 is 2. The monoisotopic (exact) mass is 402 g/mol. The molecule has 152 valence electrons. The molecule has 0 aliphatic heterocycles. The number of hydrogen-bond donors (Lipinski definition) is 0. The zero-order chi connectivity index (χ0) is 20.5. The zero-order valence-corrected chi connectivity index (χ0v) is 16.9. The van der Waals surface area contributed by atoms with E-state index >= 15 is 0 Å². The Kier molecular flexibility index (Phi) is 4.78. The lowest BCUT2D eigenvalue weighted by molar-refractivity contribution is 0.199. The van der Waals surface area contributed by atoms with Crippen molar-refractivity contribution in [2.75, 3.05) is 14.2 Å². The van der Waals surface area contributed by atoms with Crippen LogP contribution in [0.4, 0.5) is 0 Å². The van der Waals surface area contributed by atoms with E-state index in [-0.39, 0.29) is 12.0 Å². The van der Waals surface area contributed by atoms with Crippen molar-refractivity contribution >= 4 is 21.9 Å². The fraction of sp³-hybridized carbons (Fsp3) is 0.304. The summed E-state index contributed by atoms with van der Waals surface area (Å²) in [5.74, 6) is 2.20. The summed E-state index contributed by atoms with van der Waals surface area (Å²) in [4.78, 5) is 18.1. The number of rotatable bonds is 5. The van der Waals surface area contributed by atoms with E-state index in [1.807, 2.05) is 36.4 Å². The third-order valence-corrected chi connectivity index (χ3v) is 5.66. The lowest BCUT2D eigenvalue weighted by Crippen LogP contribution is -2.13. The van der Waals surface area contributed by atoms with E-state index in [2.05, 4.69) is 19.9 Å². The molecule has 0 N–H and O–H groups in total. The first-order valence-electron chi connectivity index (χ1n) is 10.00. The van der Waals surface area contributed by atoms with E-state index < -0.39 is 0 Å². The Bertz CT molecular complexity index is 1210. The summed E-state index contributed by atoms with van der Waals surface area (Å²) < 4.78 is 17.0. The second-order valence-corrected chi connectivity index (χ2v) is 7.43. The number of ether oxygens (including phenoxy) is 3. The highest BCUT2D eigenvalue weighted by Gasteiger charge is 2.30. The molecule has 1 unspecified atom stereocenters. The van der Waals surface area contributed by atoms with Crippen LogP contribution in [0.1, 0.15) is 30.9 Å². The second-order valence-electron chi connectivity index (χ2n) is 7.43. The molecule has 30 heavy (non-hydrogen) atoms. The van der Waals surface area contributed by atoms with Gasteiger partial charge in [0.05, 0.1) is 42.7 Å². The molecule has 2 aromatic heterocycles. The molecule has 4 aromatic rings. The van der Waals surface area contributed by atoms with E-state index in [1.54, 1.807) is 26.7 Å². The number of nitrogens with zero attached hydrogens (tertiary/aromatic N) is 4. The molecule has 2 aromatic carbocycles. The third kappa shape index (κ3) is 3.36. The molecule has 1 saturated carbocycles. The largest absolute Gasteiger partial charge is 0.493 e. The number of hydrogen-bond acceptors (Lipinski definition) is 7. The van der Waals surface area contributed by atoms with Gasteiger partial charge < -0.3 is 14.2 Å². The number of para-hydroxylation sites is 2. The lowest BCUT2D eigenvalue weighted by Gasteiger charge is -2.15. The SMILES string of the molecule is COc1cc2ncnc(C3CC[C@H](Oc4cnc5ccccc5n4)C3)c2cc1OC. The quantitative estimate of drug-likeness (QED) is 0.492. The maximum Gasteiger partial charge on any atom is 0.233 e. The van der Waals surface area contributed by atoms with Crippen molar-refractivity contribution in [1.29, 1.82) is 0 Å². The molecule has 1 aliphatic rings. The molecule has 0 amide bonds. The van der Waals surface area contributed by atoms with Crippen LogP contribution in [0, 0.1) is 0 Å². The maximum absolute atomic E-state index is 6.17. The van der Waals surface area contributed by atoms with Crippen molar-refractivity contribution in [1.82, 2.24) is 19.9 Å². The fourth-order valence-corrected chi connectivity index (χ4v) is 4.19. The van der Waals surface area contributed by atoms with Gasteiger partial charge in [-0.3, -0.25) is 0 Å². The van der Waals surface area contributed by atoms with Crippen molar-refractivity contribution in [3.8, 4) is 17.4 Å². The molecular formula is C23H22N4O3. The van der Waals surface area contributed by atoms with Crippen LogP contribution in [0.2, 0.25) is 0 Å². The molecule has 0 saturated heterocycles. The summed E-state index contributed by atoms with van der Waals surface area (Å²) in [6.45, 7) is 0. The molecule has 5 rings (SSSR count). The van der Waals surface area contributed by atoms with Crippen molar-refractivity contribution in [3.63, 3.8) is 0 Å². The molecule has 0 radical (unpaired) electrons. The van der Waals surface area contributed by atoms with Crippen LogP contribution in [0.3, 0.4) is 0 Å². The van der Waals surface area contributed by atoms with E-state index in [1.165, 1.54) is 0 Å². The molecule has 0 bridgehead atoms. The van der Waals surface area contributed by atoms with E-state index in [0.717, 1.165) is 46.9 Å². The Labute approximate surface area is 174 Å². The predicted octanol–water partition coefficient (Wildman–Crippen LogP) is 4.31. The van der Waals surface area contributed by atoms with Gasteiger partial charge in [0.15, 0.2) is 11.5 Å². The topological polar surface area (TPSA) is 79.3 Å². The van der Waals surface area contributed by atoms with Crippen LogP contribution in [0.5, 0.6) is 17.4 Å². The van der Waals surface area contributed by atoms with Gasteiger partial charge in [0.1, 0.15) is 12.4 Å². The minimum Gasteiger partial charge on any atom is -0.493 e. The van der Waals surface area contributed by atoms with Gasteiger partial charge >= 0.3 is 0 Å². The molecule has 2 heterocycles. The van der Waals surface area contributed by atoms with Gasteiger partial charge in [-0.25, -0.2) is 19.9 Å². The molecule has 7 nitrogen and oxygen atoms in total. The van der Waals surface area contributed by atoms with Crippen LogP contribution in [-0.2, 0) is 0 Å². The Morgan fingerprint density at radius 1 is 0.867 bits per heavy atom. The van der Waals surface area contributed by atoms with E-state index in [0.29, 0.717) is 17.4 Å². The van der Waals surface area contributed by atoms with Crippen molar-refractivity contribution in [2.24, 2.45) is 0 Å². The Balaban J connectivity index is 1.39. The summed E-state index contributed by atoms with van der Waals surface area (Å²) in [7, 11) is 3.26. The van der Waals surface area contributed by atoms with Gasteiger partial charge in [-0.15, -0.1) is 0 Å². The normalized spacial score (nSPS) is 18.6. The smallest absolute Gasteiger partial charge is 0.233 e. The summed E-state index contributed by atoms with van der Waals surface area (Å²) in [6.07, 6.45) is 6.20. The first-order valence-corrected chi connectivity index (χ1v) is 10.00. The van der Waals surface area contributed by atoms with Gasteiger partial charge in [0.2, 0.25) is 5.88 Å². The summed E-state index contributed by atoms with van der Waals surface area (Å²) in [5, 5.41) is 0.992. The van der Waals surface area contributed by atoms with Crippen LogP contribution >= 0.6 is 0 Å². The zero-order valence-electron chi connectivity index (χ0n) is 16.9.